The summed E-state index contributed by atoms with van der Waals surface area (Å²) in [7, 11) is 0. The third-order valence-electron chi connectivity index (χ3n) is 7.72. The number of hydrogen-bond acceptors (Lipinski definition) is 8. The minimum atomic E-state index is -1.11. The molecule has 2 saturated heterocycles. The molecule has 4 heterocycles. The van der Waals surface area contributed by atoms with Crippen LogP contribution >= 0.6 is 11.3 Å². The van der Waals surface area contributed by atoms with Crippen LogP contribution in [0.25, 0.3) is 10.2 Å². The fourth-order valence-corrected chi connectivity index (χ4v) is 6.51. The standard InChI is InChI=1S/C30H29N7O5S/c1-2-11-35-17-26(39)36-22(12-21-13-24(38)33-28(21)40)29(41)34(15-20-9-6-10-23-27(20)32-18-43-23)16-25(36)37(35)30(42)31-14-19-7-4-3-5-8-19/h2-10,13,18,22,25H,1,11-12,14-17H2,(H,31,42)(H,33,38,40)/t22-,25-/m0/s1. The van der Waals surface area contributed by atoms with Crippen LogP contribution in [0.5, 0.6) is 0 Å². The van der Waals surface area contributed by atoms with Gasteiger partial charge in [-0.15, -0.1) is 17.9 Å². The molecule has 220 valence electrons. The quantitative estimate of drug-likeness (QED) is 0.298. The molecule has 2 atom stereocenters. The highest BCUT2D eigenvalue weighted by Crippen LogP contribution is 2.32. The van der Waals surface area contributed by atoms with E-state index in [-0.39, 0.29) is 56.5 Å². The van der Waals surface area contributed by atoms with Crippen LogP contribution in [0, 0.1) is 0 Å². The van der Waals surface area contributed by atoms with Crippen molar-refractivity contribution in [2.45, 2.75) is 31.7 Å². The Labute approximate surface area is 251 Å². The van der Waals surface area contributed by atoms with E-state index in [4.69, 9.17) is 0 Å². The molecule has 0 aliphatic carbocycles. The molecule has 0 spiro atoms. The van der Waals surface area contributed by atoms with E-state index in [1.807, 2.05) is 48.5 Å². The summed E-state index contributed by atoms with van der Waals surface area (Å²) in [5.74, 6) is -1.93. The van der Waals surface area contributed by atoms with Gasteiger partial charge in [-0.3, -0.25) is 24.5 Å². The number of nitrogens with one attached hydrogen (secondary N) is 2. The van der Waals surface area contributed by atoms with Crippen LogP contribution in [0.15, 0.2) is 78.3 Å². The second-order valence-electron chi connectivity index (χ2n) is 10.4. The predicted molar refractivity (Wildman–Crippen MR) is 158 cm³/mol. The van der Waals surface area contributed by atoms with Crippen LogP contribution < -0.4 is 10.6 Å². The molecule has 3 aromatic rings. The van der Waals surface area contributed by atoms with Crippen molar-refractivity contribution in [1.82, 2.24) is 35.4 Å². The van der Waals surface area contributed by atoms with E-state index in [1.165, 1.54) is 21.2 Å². The van der Waals surface area contributed by atoms with Gasteiger partial charge in [-0.25, -0.2) is 19.8 Å². The summed E-state index contributed by atoms with van der Waals surface area (Å²) in [4.78, 5) is 73.5. The lowest BCUT2D eigenvalue weighted by molar-refractivity contribution is -0.189. The summed E-state index contributed by atoms with van der Waals surface area (Å²) in [6.45, 7) is 4.30. The monoisotopic (exact) mass is 599 g/mol. The van der Waals surface area contributed by atoms with Crippen LogP contribution in [0.4, 0.5) is 4.79 Å². The van der Waals surface area contributed by atoms with Gasteiger partial charge in [-0.05, 0) is 17.2 Å². The lowest BCUT2D eigenvalue weighted by Crippen LogP contribution is -2.76. The van der Waals surface area contributed by atoms with Crippen molar-refractivity contribution in [3.63, 3.8) is 0 Å². The second kappa shape index (κ2) is 11.8. The maximum absolute atomic E-state index is 14.1. The zero-order valence-corrected chi connectivity index (χ0v) is 24.0. The number of piperazine rings is 1. The van der Waals surface area contributed by atoms with Crippen LogP contribution in [0.3, 0.4) is 0 Å². The lowest BCUT2D eigenvalue weighted by atomic mass is 9.98. The molecule has 0 saturated carbocycles. The number of urea groups is 1. The second-order valence-corrected chi connectivity index (χ2v) is 11.3. The number of fused-ring (bicyclic) bond motifs is 2. The maximum Gasteiger partial charge on any atom is 0.334 e. The van der Waals surface area contributed by atoms with Gasteiger partial charge in [0.15, 0.2) is 0 Å². The zero-order chi connectivity index (χ0) is 30.1. The molecule has 2 fully saturated rings. The molecule has 2 N–H and O–H groups in total. The summed E-state index contributed by atoms with van der Waals surface area (Å²) in [6, 6.07) is 13.6. The normalized spacial score (nSPS) is 20.7. The number of rotatable bonds is 8. The number of hydrogen-bond donors (Lipinski definition) is 2. The minimum Gasteiger partial charge on any atom is -0.333 e. The Morgan fingerprint density at radius 2 is 1.93 bits per heavy atom. The van der Waals surface area contributed by atoms with Gasteiger partial charge in [0, 0.05) is 37.7 Å². The van der Waals surface area contributed by atoms with Crippen molar-refractivity contribution in [3.8, 4) is 0 Å². The fraction of sp³-hybridized carbons (Fsp3) is 0.267. The molecular formula is C30H29N7O5S. The molecule has 2 aromatic carbocycles. The first kappa shape index (κ1) is 28.2. The first-order chi connectivity index (χ1) is 20.8. The van der Waals surface area contributed by atoms with E-state index in [0.29, 0.717) is 0 Å². The Balaban J connectivity index is 1.36. The van der Waals surface area contributed by atoms with E-state index in [9.17, 15) is 24.0 Å². The first-order valence-electron chi connectivity index (χ1n) is 13.8. The molecule has 6 amide bonds. The molecule has 0 radical (unpaired) electrons. The van der Waals surface area contributed by atoms with Gasteiger partial charge >= 0.3 is 6.03 Å². The van der Waals surface area contributed by atoms with Crippen molar-refractivity contribution < 1.29 is 24.0 Å². The summed E-state index contributed by atoms with van der Waals surface area (Å²) in [5, 5.41) is 8.22. The number of nitrogens with zero attached hydrogens (tertiary/aromatic N) is 5. The van der Waals surface area contributed by atoms with Crippen molar-refractivity contribution in [2.24, 2.45) is 0 Å². The summed E-state index contributed by atoms with van der Waals surface area (Å²) in [6.07, 6.45) is 1.71. The van der Waals surface area contributed by atoms with E-state index >= 15 is 0 Å². The highest BCUT2D eigenvalue weighted by Gasteiger charge is 2.51. The molecule has 6 rings (SSSR count). The van der Waals surface area contributed by atoms with Gasteiger partial charge < -0.3 is 15.1 Å². The molecule has 0 bridgehead atoms. The number of amides is 6. The number of hydrazine groups is 1. The van der Waals surface area contributed by atoms with Crippen LogP contribution in [-0.4, -0.2) is 86.3 Å². The third kappa shape index (κ3) is 5.51. The van der Waals surface area contributed by atoms with E-state index in [0.717, 1.165) is 27.4 Å². The number of thiazole rings is 1. The Kier molecular flexibility index (Phi) is 7.74. The molecule has 13 heteroatoms. The van der Waals surface area contributed by atoms with Gasteiger partial charge in [0.2, 0.25) is 11.8 Å². The number of imide groups is 1. The first-order valence-corrected chi connectivity index (χ1v) is 14.7. The van der Waals surface area contributed by atoms with Gasteiger partial charge in [0.25, 0.3) is 11.8 Å². The number of carbonyl (C=O) groups excluding carboxylic acids is 5. The molecule has 3 aliphatic rings. The van der Waals surface area contributed by atoms with Gasteiger partial charge in [0.05, 0.1) is 28.8 Å². The Morgan fingerprint density at radius 1 is 1.12 bits per heavy atom. The summed E-state index contributed by atoms with van der Waals surface area (Å²) in [5.41, 5.74) is 4.33. The Hall–Kier alpha value is -4.88. The number of aromatic nitrogens is 1. The van der Waals surface area contributed by atoms with Gasteiger partial charge in [0.1, 0.15) is 12.2 Å². The van der Waals surface area contributed by atoms with Crippen molar-refractivity contribution in [2.75, 3.05) is 19.6 Å². The third-order valence-corrected chi connectivity index (χ3v) is 8.51. The van der Waals surface area contributed by atoms with Crippen LogP contribution in [-0.2, 0) is 32.3 Å². The van der Waals surface area contributed by atoms with E-state index in [1.54, 1.807) is 21.5 Å². The molecule has 3 aliphatic heterocycles. The topological polar surface area (TPSA) is 135 Å². The zero-order valence-electron chi connectivity index (χ0n) is 23.1. The summed E-state index contributed by atoms with van der Waals surface area (Å²) >= 11 is 1.49. The van der Waals surface area contributed by atoms with E-state index in [2.05, 4.69) is 22.2 Å². The highest BCUT2D eigenvalue weighted by atomic mass is 32.1. The minimum absolute atomic E-state index is 0.0260. The Bertz CT molecular complexity index is 1650. The largest absolute Gasteiger partial charge is 0.334 e. The fourth-order valence-electron chi connectivity index (χ4n) is 5.79. The average molecular weight is 600 g/mol. The SMILES string of the molecule is C=CCN1CC(=O)N2[C@@H](CC3=CC(=O)NC3=O)C(=O)N(Cc3cccc4scnc34)C[C@@H]2N1C(=O)NCc1ccccc1. The van der Waals surface area contributed by atoms with Gasteiger partial charge in [-0.2, -0.15) is 0 Å². The number of para-hydroxylation sites is 1. The molecule has 12 nitrogen and oxygen atoms in total. The number of benzene rings is 2. The molecule has 0 unspecified atom stereocenters. The van der Waals surface area contributed by atoms with E-state index < -0.39 is 30.1 Å². The Morgan fingerprint density at radius 3 is 2.67 bits per heavy atom. The average Bonchev–Trinajstić information content (AvgIpc) is 3.60. The predicted octanol–water partition coefficient (Wildman–Crippen LogP) is 1.76. The number of carbonyl (C=O) groups is 5. The highest BCUT2D eigenvalue weighted by molar-refractivity contribution is 7.16. The maximum atomic E-state index is 14.1. The summed E-state index contributed by atoms with van der Waals surface area (Å²) < 4.78 is 0.971. The van der Waals surface area contributed by atoms with Crippen molar-refractivity contribution >= 4 is 51.2 Å². The molecule has 43 heavy (non-hydrogen) atoms. The smallest absolute Gasteiger partial charge is 0.333 e. The molecule has 1 aromatic heterocycles. The van der Waals surface area contributed by atoms with Gasteiger partial charge in [-0.1, -0.05) is 48.5 Å². The lowest BCUT2D eigenvalue weighted by Gasteiger charge is -2.55. The van der Waals surface area contributed by atoms with Crippen molar-refractivity contribution in [1.29, 1.82) is 0 Å². The van der Waals surface area contributed by atoms with Crippen LogP contribution in [0.1, 0.15) is 17.5 Å². The molecular weight excluding hydrogens is 570 g/mol. The van der Waals surface area contributed by atoms with Crippen LogP contribution in [0.2, 0.25) is 0 Å². The van der Waals surface area contributed by atoms with Crippen molar-refractivity contribution in [3.05, 3.63) is 89.5 Å².